The Balaban J connectivity index is 1.38. The van der Waals surface area contributed by atoms with Crippen molar-refractivity contribution >= 4 is 23.4 Å². The van der Waals surface area contributed by atoms with Crippen LogP contribution in [0, 0.1) is 0 Å². The maximum Gasteiger partial charge on any atom is 0.231 e. The highest BCUT2D eigenvalue weighted by atomic mass is 35.5. The molecule has 5 rings (SSSR count). The zero-order chi connectivity index (χ0) is 21.0. The van der Waals surface area contributed by atoms with E-state index in [-0.39, 0.29) is 6.79 Å². The monoisotopic (exact) mass is 451 g/mol. The second-order valence-corrected chi connectivity index (χ2v) is 8.19. The third-order valence-electron chi connectivity index (χ3n) is 4.68. The zero-order valence-electron chi connectivity index (χ0n) is 16.4. The summed E-state index contributed by atoms with van der Waals surface area (Å²) in [6.45, 7) is 0.770. The third-order valence-corrected chi connectivity index (χ3v) is 5.82. The van der Waals surface area contributed by atoms with Crippen molar-refractivity contribution in [1.29, 1.82) is 0 Å². The van der Waals surface area contributed by atoms with E-state index >= 15 is 0 Å². The lowest BCUT2D eigenvalue weighted by atomic mass is 10.2. The number of para-hydroxylation sites is 1. The topological polar surface area (TPSA) is 58.4 Å². The van der Waals surface area contributed by atoms with Gasteiger partial charge in [-0.2, -0.15) is 0 Å². The Kier molecular flexibility index (Phi) is 5.69. The third kappa shape index (κ3) is 4.33. The Hall–Kier alpha value is -3.16. The number of ether oxygens (including phenoxy) is 3. The highest BCUT2D eigenvalue weighted by molar-refractivity contribution is 7.99. The molecule has 0 saturated carbocycles. The molecule has 0 radical (unpaired) electrons. The van der Waals surface area contributed by atoms with Gasteiger partial charge in [0.1, 0.15) is 5.75 Å². The Bertz CT molecular complexity index is 1180. The van der Waals surface area contributed by atoms with Gasteiger partial charge in [0.15, 0.2) is 22.5 Å². The summed E-state index contributed by atoms with van der Waals surface area (Å²) in [5.41, 5.74) is 1.89. The van der Waals surface area contributed by atoms with Crippen LogP contribution < -0.4 is 14.2 Å². The molecule has 0 spiro atoms. The van der Waals surface area contributed by atoms with Crippen molar-refractivity contribution < 1.29 is 14.2 Å². The molecular weight excluding hydrogens is 434 g/mol. The fourth-order valence-corrected chi connectivity index (χ4v) is 4.11. The van der Waals surface area contributed by atoms with Crippen LogP contribution in [0.4, 0.5) is 0 Å². The SMILES string of the molecule is Clc1ccc(OCCSc2nnc(-c3ccc4c(c3)OCO4)n2-c2ccccc2)cc1. The van der Waals surface area contributed by atoms with E-state index in [2.05, 4.69) is 10.2 Å². The Morgan fingerprint density at radius 2 is 1.74 bits per heavy atom. The number of aromatic nitrogens is 3. The van der Waals surface area contributed by atoms with Crippen LogP contribution >= 0.6 is 23.4 Å². The van der Waals surface area contributed by atoms with E-state index in [0.29, 0.717) is 23.1 Å². The maximum absolute atomic E-state index is 5.92. The standard InChI is InChI=1S/C23H18ClN3O3S/c24-17-7-9-19(10-8-17)28-12-13-31-23-26-25-22(27(23)18-4-2-1-3-5-18)16-6-11-20-21(14-16)30-15-29-20/h1-11,14H,12-13,15H2. The van der Waals surface area contributed by atoms with Gasteiger partial charge in [-0.1, -0.05) is 41.6 Å². The lowest BCUT2D eigenvalue weighted by molar-refractivity contribution is 0.174. The van der Waals surface area contributed by atoms with E-state index in [4.69, 9.17) is 25.8 Å². The van der Waals surface area contributed by atoms with Crippen molar-refractivity contribution in [3.8, 4) is 34.3 Å². The predicted octanol–water partition coefficient (Wildman–Crippen LogP) is 5.49. The lowest BCUT2D eigenvalue weighted by Crippen LogP contribution is -2.03. The number of thioether (sulfide) groups is 1. The molecule has 4 aromatic rings. The molecule has 0 amide bonds. The van der Waals surface area contributed by atoms with Gasteiger partial charge in [0, 0.05) is 22.0 Å². The molecule has 0 aliphatic carbocycles. The molecule has 0 saturated heterocycles. The molecule has 31 heavy (non-hydrogen) atoms. The highest BCUT2D eigenvalue weighted by Crippen LogP contribution is 2.37. The summed E-state index contributed by atoms with van der Waals surface area (Å²) in [6, 6.07) is 23.2. The van der Waals surface area contributed by atoms with Crippen LogP contribution in [0.5, 0.6) is 17.2 Å². The molecule has 8 heteroatoms. The summed E-state index contributed by atoms with van der Waals surface area (Å²) in [5, 5.41) is 10.4. The quantitative estimate of drug-likeness (QED) is 0.273. The Labute approximate surface area is 188 Å². The average molecular weight is 452 g/mol. The van der Waals surface area contributed by atoms with Crippen LogP contribution in [-0.2, 0) is 0 Å². The average Bonchev–Trinajstić information content (AvgIpc) is 3.45. The van der Waals surface area contributed by atoms with Crippen molar-refractivity contribution in [2.24, 2.45) is 0 Å². The predicted molar refractivity (Wildman–Crippen MR) is 121 cm³/mol. The first-order chi connectivity index (χ1) is 15.3. The molecule has 0 bridgehead atoms. The number of hydrogen-bond acceptors (Lipinski definition) is 6. The van der Waals surface area contributed by atoms with Crippen LogP contribution in [0.15, 0.2) is 78.0 Å². The Morgan fingerprint density at radius 3 is 2.58 bits per heavy atom. The van der Waals surface area contributed by atoms with Gasteiger partial charge < -0.3 is 14.2 Å². The van der Waals surface area contributed by atoms with Gasteiger partial charge in [-0.15, -0.1) is 10.2 Å². The van der Waals surface area contributed by atoms with E-state index in [1.165, 1.54) is 0 Å². The summed E-state index contributed by atoms with van der Waals surface area (Å²) in [5.74, 6) is 3.70. The van der Waals surface area contributed by atoms with Crippen LogP contribution in [0.25, 0.3) is 17.1 Å². The second-order valence-electron chi connectivity index (χ2n) is 6.70. The summed E-state index contributed by atoms with van der Waals surface area (Å²) < 4.78 is 18.8. The van der Waals surface area contributed by atoms with Crippen molar-refractivity contribution in [3.05, 3.63) is 77.8 Å². The fourth-order valence-electron chi connectivity index (χ4n) is 3.22. The minimum absolute atomic E-state index is 0.235. The number of hydrogen-bond donors (Lipinski definition) is 0. The van der Waals surface area contributed by atoms with E-state index in [1.807, 2.05) is 77.4 Å². The second kappa shape index (κ2) is 8.91. The zero-order valence-corrected chi connectivity index (χ0v) is 18.0. The first kappa shape index (κ1) is 19.8. The first-order valence-corrected chi connectivity index (χ1v) is 11.1. The van der Waals surface area contributed by atoms with Crippen LogP contribution in [0.2, 0.25) is 5.02 Å². The number of rotatable bonds is 7. The molecule has 1 aromatic heterocycles. The number of nitrogens with zero attached hydrogens (tertiary/aromatic N) is 3. The van der Waals surface area contributed by atoms with Crippen LogP contribution in [0.3, 0.4) is 0 Å². The minimum atomic E-state index is 0.235. The molecule has 0 unspecified atom stereocenters. The number of halogens is 1. The normalized spacial score (nSPS) is 12.2. The lowest BCUT2D eigenvalue weighted by Gasteiger charge is -2.11. The fraction of sp³-hybridized carbons (Fsp3) is 0.130. The van der Waals surface area contributed by atoms with Crippen LogP contribution in [-0.4, -0.2) is 33.9 Å². The van der Waals surface area contributed by atoms with Gasteiger partial charge >= 0.3 is 0 Å². The smallest absolute Gasteiger partial charge is 0.231 e. The summed E-state index contributed by atoms with van der Waals surface area (Å²) in [4.78, 5) is 0. The van der Waals surface area contributed by atoms with Gasteiger partial charge in [-0.05, 0) is 54.6 Å². The highest BCUT2D eigenvalue weighted by Gasteiger charge is 2.20. The van der Waals surface area contributed by atoms with E-state index in [0.717, 1.165) is 33.7 Å². The van der Waals surface area contributed by atoms with Crippen LogP contribution in [0.1, 0.15) is 0 Å². The van der Waals surface area contributed by atoms with E-state index in [1.54, 1.807) is 11.8 Å². The molecular formula is C23H18ClN3O3S. The van der Waals surface area contributed by atoms with Crippen molar-refractivity contribution in [2.75, 3.05) is 19.2 Å². The van der Waals surface area contributed by atoms with E-state index < -0.39 is 0 Å². The minimum Gasteiger partial charge on any atom is -0.493 e. The molecule has 6 nitrogen and oxygen atoms in total. The van der Waals surface area contributed by atoms with Crippen molar-refractivity contribution in [2.45, 2.75) is 5.16 Å². The molecule has 0 atom stereocenters. The first-order valence-electron chi connectivity index (χ1n) is 9.70. The molecule has 1 aliphatic rings. The van der Waals surface area contributed by atoms with Gasteiger partial charge in [0.2, 0.25) is 6.79 Å². The molecule has 156 valence electrons. The van der Waals surface area contributed by atoms with Gasteiger partial charge in [-0.3, -0.25) is 4.57 Å². The molecule has 3 aromatic carbocycles. The largest absolute Gasteiger partial charge is 0.493 e. The summed E-state index contributed by atoms with van der Waals surface area (Å²) >= 11 is 7.51. The number of benzene rings is 3. The summed E-state index contributed by atoms with van der Waals surface area (Å²) in [6.07, 6.45) is 0. The molecule has 2 heterocycles. The maximum atomic E-state index is 5.92. The molecule has 0 fully saturated rings. The Morgan fingerprint density at radius 1 is 0.935 bits per heavy atom. The number of fused-ring (bicyclic) bond motifs is 1. The van der Waals surface area contributed by atoms with Crippen molar-refractivity contribution in [3.63, 3.8) is 0 Å². The van der Waals surface area contributed by atoms with E-state index in [9.17, 15) is 0 Å². The van der Waals surface area contributed by atoms with Crippen molar-refractivity contribution in [1.82, 2.24) is 14.8 Å². The van der Waals surface area contributed by atoms with Gasteiger partial charge in [0.25, 0.3) is 0 Å². The van der Waals surface area contributed by atoms with Gasteiger partial charge in [-0.25, -0.2) is 0 Å². The van der Waals surface area contributed by atoms with Gasteiger partial charge in [0.05, 0.1) is 6.61 Å². The summed E-state index contributed by atoms with van der Waals surface area (Å²) in [7, 11) is 0. The molecule has 0 N–H and O–H groups in total. The molecule has 1 aliphatic heterocycles.